The highest BCUT2D eigenvalue weighted by Gasteiger charge is 2.13. The molecule has 6 nitrogen and oxygen atoms in total. The van der Waals surface area contributed by atoms with E-state index in [4.69, 9.17) is 4.74 Å². The van der Waals surface area contributed by atoms with Crippen LogP contribution < -0.4 is 14.8 Å². The van der Waals surface area contributed by atoms with Crippen molar-refractivity contribution in [2.24, 2.45) is 0 Å². The van der Waals surface area contributed by atoms with Crippen LogP contribution in [0.1, 0.15) is 17.5 Å². The van der Waals surface area contributed by atoms with E-state index in [1.165, 1.54) is 0 Å². The molecular formula is C24H26N2O4S. The third-order valence-electron chi connectivity index (χ3n) is 4.80. The minimum atomic E-state index is -3.56. The van der Waals surface area contributed by atoms with Gasteiger partial charge in [0.25, 0.3) is 0 Å². The Bertz CT molecular complexity index is 1080. The molecule has 0 saturated heterocycles. The Balaban J connectivity index is 1.47. The van der Waals surface area contributed by atoms with Crippen molar-refractivity contribution in [2.45, 2.75) is 24.2 Å². The molecule has 0 saturated carbocycles. The fraction of sp³-hybridized carbons (Fsp3) is 0.208. The summed E-state index contributed by atoms with van der Waals surface area (Å²) in [5.41, 5.74) is 2.68. The number of sulfonamides is 1. The molecular weight excluding hydrogens is 412 g/mol. The predicted molar refractivity (Wildman–Crippen MR) is 122 cm³/mol. The van der Waals surface area contributed by atoms with Gasteiger partial charge in [0.1, 0.15) is 5.75 Å². The fourth-order valence-electron chi connectivity index (χ4n) is 3.05. The lowest BCUT2D eigenvalue weighted by Crippen LogP contribution is -2.26. The molecule has 3 aromatic carbocycles. The number of amides is 1. The molecule has 7 heteroatoms. The third kappa shape index (κ3) is 6.94. The number of rotatable bonds is 10. The van der Waals surface area contributed by atoms with Gasteiger partial charge in [-0.1, -0.05) is 42.5 Å². The number of benzene rings is 3. The molecule has 2 N–H and O–H groups in total. The molecule has 0 unspecified atom stereocenters. The van der Waals surface area contributed by atoms with Gasteiger partial charge < -0.3 is 10.1 Å². The SMILES string of the molecule is COc1ccc(NC(=O)CCc2ccc(S(=O)(=O)NCCc3ccccc3)cc2)cc1. The van der Waals surface area contributed by atoms with Gasteiger partial charge >= 0.3 is 0 Å². The molecule has 0 atom stereocenters. The van der Waals surface area contributed by atoms with Gasteiger partial charge in [0.15, 0.2) is 0 Å². The maximum Gasteiger partial charge on any atom is 0.240 e. The minimum absolute atomic E-state index is 0.107. The maximum atomic E-state index is 12.5. The Morgan fingerprint density at radius 2 is 1.48 bits per heavy atom. The van der Waals surface area contributed by atoms with Gasteiger partial charge in [-0.2, -0.15) is 0 Å². The van der Waals surface area contributed by atoms with E-state index in [1.54, 1.807) is 55.6 Å². The van der Waals surface area contributed by atoms with Crippen LogP contribution in [0, 0.1) is 0 Å². The number of anilines is 1. The second kappa shape index (κ2) is 10.7. The largest absolute Gasteiger partial charge is 0.497 e. The lowest BCUT2D eigenvalue weighted by molar-refractivity contribution is -0.116. The summed E-state index contributed by atoms with van der Waals surface area (Å²) in [5.74, 6) is 0.618. The van der Waals surface area contributed by atoms with Crippen molar-refractivity contribution in [1.29, 1.82) is 0 Å². The van der Waals surface area contributed by atoms with E-state index < -0.39 is 10.0 Å². The Labute approximate surface area is 183 Å². The van der Waals surface area contributed by atoms with Crippen LogP contribution in [0.3, 0.4) is 0 Å². The average Bonchev–Trinajstić information content (AvgIpc) is 2.79. The van der Waals surface area contributed by atoms with Crippen LogP contribution in [-0.2, 0) is 27.7 Å². The van der Waals surface area contributed by atoms with Crippen molar-refractivity contribution in [3.8, 4) is 5.75 Å². The summed E-state index contributed by atoms with van der Waals surface area (Å²) in [6, 6.07) is 23.5. The van der Waals surface area contributed by atoms with E-state index in [1.807, 2.05) is 30.3 Å². The van der Waals surface area contributed by atoms with Crippen molar-refractivity contribution in [3.63, 3.8) is 0 Å². The number of ether oxygens (including phenoxy) is 1. The molecule has 0 aliphatic carbocycles. The summed E-state index contributed by atoms with van der Waals surface area (Å²) in [6.07, 6.45) is 1.44. The van der Waals surface area contributed by atoms with Crippen LogP contribution in [0.4, 0.5) is 5.69 Å². The standard InChI is InChI=1S/C24H26N2O4S/c1-30-22-12-10-21(11-13-22)26-24(27)16-9-20-7-14-23(15-8-20)31(28,29)25-18-17-19-5-3-2-4-6-19/h2-8,10-15,25H,9,16-18H2,1H3,(H,26,27). The normalized spacial score (nSPS) is 11.1. The number of hydrogen-bond acceptors (Lipinski definition) is 4. The average molecular weight is 439 g/mol. The van der Waals surface area contributed by atoms with Gasteiger partial charge in [-0.25, -0.2) is 13.1 Å². The van der Waals surface area contributed by atoms with Crippen molar-refractivity contribution < 1.29 is 17.9 Å². The predicted octanol–water partition coefficient (Wildman–Crippen LogP) is 3.79. The first-order valence-electron chi connectivity index (χ1n) is 10.0. The first-order valence-corrected chi connectivity index (χ1v) is 11.5. The molecule has 0 fully saturated rings. The van der Waals surface area contributed by atoms with E-state index >= 15 is 0 Å². The van der Waals surface area contributed by atoms with Gasteiger partial charge in [-0.05, 0) is 60.4 Å². The van der Waals surface area contributed by atoms with Crippen LogP contribution in [0.5, 0.6) is 5.75 Å². The van der Waals surface area contributed by atoms with Crippen molar-refractivity contribution in [3.05, 3.63) is 90.0 Å². The first-order chi connectivity index (χ1) is 15.0. The van der Waals surface area contributed by atoms with Gasteiger partial charge in [-0.15, -0.1) is 0 Å². The molecule has 3 rings (SSSR count). The molecule has 1 amide bonds. The number of carbonyl (C=O) groups excluding carboxylic acids is 1. The molecule has 31 heavy (non-hydrogen) atoms. The maximum absolute atomic E-state index is 12.5. The van der Waals surface area contributed by atoms with Crippen LogP contribution in [0.25, 0.3) is 0 Å². The summed E-state index contributed by atoms with van der Waals surface area (Å²) in [4.78, 5) is 12.4. The smallest absolute Gasteiger partial charge is 0.240 e. The Kier molecular flexibility index (Phi) is 7.81. The zero-order valence-corrected chi connectivity index (χ0v) is 18.2. The minimum Gasteiger partial charge on any atom is -0.497 e. The quantitative estimate of drug-likeness (QED) is 0.504. The zero-order chi connectivity index (χ0) is 22.1. The fourth-order valence-corrected chi connectivity index (χ4v) is 4.08. The summed E-state index contributed by atoms with van der Waals surface area (Å²) in [7, 11) is -1.98. The third-order valence-corrected chi connectivity index (χ3v) is 6.27. The molecule has 0 radical (unpaired) electrons. The highest BCUT2D eigenvalue weighted by atomic mass is 32.2. The van der Waals surface area contributed by atoms with Crippen LogP contribution in [0.2, 0.25) is 0 Å². The Hall–Kier alpha value is -3.16. The van der Waals surface area contributed by atoms with Crippen LogP contribution in [-0.4, -0.2) is 28.0 Å². The number of hydrogen-bond donors (Lipinski definition) is 2. The topological polar surface area (TPSA) is 84.5 Å². The van der Waals surface area contributed by atoms with E-state index in [0.717, 1.165) is 16.9 Å². The second-order valence-corrected chi connectivity index (χ2v) is 8.82. The first kappa shape index (κ1) is 22.5. The lowest BCUT2D eigenvalue weighted by Gasteiger charge is -2.09. The molecule has 162 valence electrons. The molecule has 3 aromatic rings. The number of methoxy groups -OCH3 is 1. The second-order valence-electron chi connectivity index (χ2n) is 7.05. The summed E-state index contributed by atoms with van der Waals surface area (Å²) in [6.45, 7) is 0.333. The number of aryl methyl sites for hydroxylation is 1. The van der Waals surface area contributed by atoms with Gasteiger partial charge in [-0.3, -0.25) is 4.79 Å². The summed E-state index contributed by atoms with van der Waals surface area (Å²) >= 11 is 0. The molecule has 0 bridgehead atoms. The zero-order valence-electron chi connectivity index (χ0n) is 17.4. The van der Waals surface area contributed by atoms with Gasteiger partial charge in [0, 0.05) is 18.7 Å². The lowest BCUT2D eigenvalue weighted by atomic mass is 10.1. The molecule has 0 spiro atoms. The summed E-state index contributed by atoms with van der Waals surface area (Å²) in [5, 5.41) is 2.84. The Morgan fingerprint density at radius 3 is 2.13 bits per heavy atom. The summed E-state index contributed by atoms with van der Waals surface area (Å²) < 4.78 is 32.7. The molecule has 0 heterocycles. The van der Waals surface area contributed by atoms with E-state index in [0.29, 0.717) is 31.5 Å². The Morgan fingerprint density at radius 1 is 0.839 bits per heavy atom. The molecule has 0 aliphatic heterocycles. The highest BCUT2D eigenvalue weighted by molar-refractivity contribution is 7.89. The van der Waals surface area contributed by atoms with E-state index in [2.05, 4.69) is 10.0 Å². The van der Waals surface area contributed by atoms with E-state index in [9.17, 15) is 13.2 Å². The van der Waals surface area contributed by atoms with Gasteiger partial charge in [0.2, 0.25) is 15.9 Å². The van der Waals surface area contributed by atoms with Crippen molar-refractivity contribution in [1.82, 2.24) is 4.72 Å². The number of carbonyl (C=O) groups is 1. The van der Waals surface area contributed by atoms with Crippen molar-refractivity contribution >= 4 is 21.6 Å². The van der Waals surface area contributed by atoms with Crippen molar-refractivity contribution in [2.75, 3.05) is 19.0 Å². The molecule has 0 aliphatic rings. The number of nitrogens with one attached hydrogen (secondary N) is 2. The molecule has 0 aromatic heterocycles. The van der Waals surface area contributed by atoms with Crippen LogP contribution in [0.15, 0.2) is 83.8 Å². The monoisotopic (exact) mass is 438 g/mol. The highest BCUT2D eigenvalue weighted by Crippen LogP contribution is 2.16. The van der Waals surface area contributed by atoms with Crippen LogP contribution >= 0.6 is 0 Å². The van der Waals surface area contributed by atoms with Gasteiger partial charge in [0.05, 0.1) is 12.0 Å². The van der Waals surface area contributed by atoms with E-state index in [-0.39, 0.29) is 10.8 Å².